The van der Waals surface area contributed by atoms with E-state index in [4.69, 9.17) is 0 Å². The van der Waals surface area contributed by atoms with Crippen LogP contribution in [0.3, 0.4) is 0 Å². The molecule has 4 nitrogen and oxygen atoms in total. The first-order valence-corrected chi connectivity index (χ1v) is 9.08. The Hall–Kier alpha value is -1.68. The quantitative estimate of drug-likeness (QED) is 0.756. The van der Waals surface area contributed by atoms with E-state index in [1.807, 2.05) is 24.3 Å². The van der Waals surface area contributed by atoms with Gasteiger partial charge in [0.2, 0.25) is 5.91 Å². The molecular formula is C20H30N2O2. The Labute approximate surface area is 145 Å². The van der Waals surface area contributed by atoms with Crippen molar-refractivity contribution in [2.75, 3.05) is 13.1 Å². The highest BCUT2D eigenvalue weighted by atomic mass is 16.2. The lowest BCUT2D eigenvalue weighted by molar-refractivity contribution is -0.122. The predicted molar refractivity (Wildman–Crippen MR) is 97.1 cm³/mol. The van der Waals surface area contributed by atoms with Crippen molar-refractivity contribution in [1.29, 1.82) is 0 Å². The summed E-state index contributed by atoms with van der Waals surface area (Å²) < 4.78 is 0. The molecule has 0 radical (unpaired) electrons. The van der Waals surface area contributed by atoms with Gasteiger partial charge in [0, 0.05) is 31.0 Å². The molecule has 0 spiro atoms. The van der Waals surface area contributed by atoms with Crippen LogP contribution in [0.15, 0.2) is 24.3 Å². The molecule has 24 heavy (non-hydrogen) atoms. The molecule has 1 heterocycles. The third-order valence-corrected chi connectivity index (χ3v) is 4.67. The van der Waals surface area contributed by atoms with Crippen LogP contribution < -0.4 is 10.6 Å². The van der Waals surface area contributed by atoms with E-state index in [-0.39, 0.29) is 30.6 Å². The number of hydrogen-bond acceptors (Lipinski definition) is 3. The number of rotatable bonds is 7. The number of hydrogen-bond donors (Lipinski definition) is 2. The number of ketones is 1. The molecule has 1 saturated heterocycles. The van der Waals surface area contributed by atoms with Crippen LogP contribution in [-0.2, 0) is 11.2 Å². The minimum atomic E-state index is -0.0275. The van der Waals surface area contributed by atoms with E-state index >= 15 is 0 Å². The lowest BCUT2D eigenvalue weighted by Crippen LogP contribution is -2.50. The Kier molecular flexibility index (Phi) is 6.98. The normalized spacial score (nSPS) is 20.8. The summed E-state index contributed by atoms with van der Waals surface area (Å²) in [5, 5.41) is 6.35. The maximum Gasteiger partial charge on any atom is 0.220 e. The average molecular weight is 330 g/mol. The topological polar surface area (TPSA) is 58.2 Å². The Morgan fingerprint density at radius 2 is 1.92 bits per heavy atom. The molecule has 1 fully saturated rings. The van der Waals surface area contributed by atoms with Crippen LogP contribution in [-0.4, -0.2) is 30.8 Å². The fraction of sp³-hybridized carbons (Fsp3) is 0.600. The Bertz CT molecular complexity index is 551. The van der Waals surface area contributed by atoms with E-state index in [9.17, 15) is 9.59 Å². The summed E-state index contributed by atoms with van der Waals surface area (Å²) in [7, 11) is 0. The van der Waals surface area contributed by atoms with Gasteiger partial charge in [-0.2, -0.15) is 0 Å². The third-order valence-electron chi connectivity index (χ3n) is 4.67. The molecular weight excluding hydrogens is 300 g/mol. The molecule has 1 aliphatic heterocycles. The minimum Gasteiger partial charge on any atom is -0.352 e. The molecule has 0 aromatic heterocycles. The lowest BCUT2D eigenvalue weighted by atomic mass is 9.94. The van der Waals surface area contributed by atoms with E-state index < -0.39 is 0 Å². The maximum atomic E-state index is 12.2. The smallest absolute Gasteiger partial charge is 0.220 e. The summed E-state index contributed by atoms with van der Waals surface area (Å²) in [6.07, 6.45) is 2.62. The van der Waals surface area contributed by atoms with Gasteiger partial charge in [-0.3, -0.25) is 9.59 Å². The number of benzene rings is 1. The van der Waals surface area contributed by atoms with Crippen LogP contribution in [0.2, 0.25) is 0 Å². The molecule has 1 amide bonds. The second-order valence-electron chi connectivity index (χ2n) is 7.36. The largest absolute Gasteiger partial charge is 0.352 e. The Balaban J connectivity index is 1.78. The summed E-state index contributed by atoms with van der Waals surface area (Å²) in [5.41, 5.74) is 1.95. The van der Waals surface area contributed by atoms with E-state index in [2.05, 4.69) is 31.4 Å². The number of carbonyl (C=O) groups excluding carboxylic acids is 2. The summed E-state index contributed by atoms with van der Waals surface area (Å²) in [5.74, 6) is 1.10. The zero-order valence-corrected chi connectivity index (χ0v) is 15.1. The van der Waals surface area contributed by atoms with Crippen molar-refractivity contribution in [1.82, 2.24) is 10.6 Å². The SMILES string of the molecule is CC(C)Cc1ccc(C(=O)CCC(=O)NC2CNCCC2C)cc1. The van der Waals surface area contributed by atoms with Crippen LogP contribution in [0.25, 0.3) is 0 Å². The van der Waals surface area contributed by atoms with Crippen molar-refractivity contribution in [3.8, 4) is 0 Å². The van der Waals surface area contributed by atoms with Gasteiger partial charge in [0.05, 0.1) is 0 Å². The van der Waals surface area contributed by atoms with Crippen molar-refractivity contribution in [2.45, 2.75) is 52.5 Å². The van der Waals surface area contributed by atoms with Crippen molar-refractivity contribution in [3.63, 3.8) is 0 Å². The van der Waals surface area contributed by atoms with Crippen molar-refractivity contribution in [2.24, 2.45) is 11.8 Å². The minimum absolute atomic E-state index is 0.0275. The second-order valence-corrected chi connectivity index (χ2v) is 7.36. The van der Waals surface area contributed by atoms with Gasteiger partial charge in [-0.05, 0) is 36.8 Å². The monoisotopic (exact) mass is 330 g/mol. The van der Waals surface area contributed by atoms with Crippen LogP contribution in [0, 0.1) is 11.8 Å². The maximum absolute atomic E-state index is 12.2. The number of Topliss-reactive ketones (excluding diaryl/α,β-unsaturated/α-hetero) is 1. The Morgan fingerprint density at radius 3 is 2.54 bits per heavy atom. The molecule has 0 aliphatic carbocycles. The fourth-order valence-electron chi connectivity index (χ4n) is 3.13. The fourth-order valence-corrected chi connectivity index (χ4v) is 3.13. The first-order valence-electron chi connectivity index (χ1n) is 9.08. The van der Waals surface area contributed by atoms with Gasteiger partial charge >= 0.3 is 0 Å². The van der Waals surface area contributed by atoms with Gasteiger partial charge in [-0.1, -0.05) is 45.0 Å². The van der Waals surface area contributed by atoms with Crippen LogP contribution >= 0.6 is 0 Å². The summed E-state index contributed by atoms with van der Waals surface area (Å²) >= 11 is 0. The predicted octanol–water partition coefficient (Wildman–Crippen LogP) is 2.96. The molecule has 1 aliphatic rings. The number of piperidine rings is 1. The van der Waals surface area contributed by atoms with Gasteiger partial charge in [0.15, 0.2) is 5.78 Å². The van der Waals surface area contributed by atoms with Gasteiger partial charge in [-0.25, -0.2) is 0 Å². The first-order chi connectivity index (χ1) is 11.5. The zero-order chi connectivity index (χ0) is 17.5. The number of carbonyl (C=O) groups is 2. The average Bonchev–Trinajstić information content (AvgIpc) is 2.55. The molecule has 132 valence electrons. The van der Waals surface area contributed by atoms with Crippen LogP contribution in [0.1, 0.15) is 56.0 Å². The zero-order valence-electron chi connectivity index (χ0n) is 15.1. The highest BCUT2D eigenvalue weighted by molar-refractivity contribution is 5.98. The molecule has 2 atom stereocenters. The van der Waals surface area contributed by atoms with Gasteiger partial charge in [-0.15, -0.1) is 0 Å². The molecule has 1 aromatic rings. The lowest BCUT2D eigenvalue weighted by Gasteiger charge is -2.30. The van der Waals surface area contributed by atoms with E-state index in [1.165, 1.54) is 5.56 Å². The summed E-state index contributed by atoms with van der Waals surface area (Å²) in [4.78, 5) is 24.3. The molecule has 2 rings (SSSR count). The third kappa shape index (κ3) is 5.75. The van der Waals surface area contributed by atoms with Crippen molar-refractivity contribution >= 4 is 11.7 Å². The van der Waals surface area contributed by atoms with E-state index in [0.29, 0.717) is 17.4 Å². The second kappa shape index (κ2) is 8.97. The number of nitrogens with one attached hydrogen (secondary N) is 2. The highest BCUT2D eigenvalue weighted by Gasteiger charge is 2.22. The molecule has 0 saturated carbocycles. The van der Waals surface area contributed by atoms with Gasteiger partial charge in [0.1, 0.15) is 0 Å². The standard InChI is InChI=1S/C20H30N2O2/c1-14(2)12-16-4-6-17(7-5-16)19(23)8-9-20(24)22-18-13-21-11-10-15(18)3/h4-7,14-15,18,21H,8-13H2,1-3H3,(H,22,24). The molecule has 2 N–H and O–H groups in total. The van der Waals surface area contributed by atoms with E-state index in [0.717, 1.165) is 25.9 Å². The highest BCUT2D eigenvalue weighted by Crippen LogP contribution is 2.13. The Morgan fingerprint density at radius 1 is 1.21 bits per heavy atom. The molecule has 4 heteroatoms. The van der Waals surface area contributed by atoms with Crippen molar-refractivity contribution in [3.05, 3.63) is 35.4 Å². The summed E-state index contributed by atoms with van der Waals surface area (Å²) in [6, 6.07) is 7.97. The van der Waals surface area contributed by atoms with Crippen molar-refractivity contribution < 1.29 is 9.59 Å². The van der Waals surface area contributed by atoms with Gasteiger partial charge in [0.25, 0.3) is 0 Å². The molecule has 2 unspecified atom stereocenters. The van der Waals surface area contributed by atoms with Gasteiger partial charge < -0.3 is 10.6 Å². The first kappa shape index (κ1) is 18.7. The molecule has 1 aromatic carbocycles. The number of amides is 1. The van der Waals surface area contributed by atoms with E-state index in [1.54, 1.807) is 0 Å². The van der Waals surface area contributed by atoms with Crippen LogP contribution in [0.5, 0.6) is 0 Å². The van der Waals surface area contributed by atoms with Crippen LogP contribution in [0.4, 0.5) is 0 Å². The molecule has 0 bridgehead atoms. The summed E-state index contributed by atoms with van der Waals surface area (Å²) in [6.45, 7) is 8.35.